The minimum absolute atomic E-state index is 0.0527. The lowest BCUT2D eigenvalue weighted by Gasteiger charge is -2.17. The van der Waals surface area contributed by atoms with Gasteiger partial charge in [-0.3, -0.25) is 14.5 Å². The van der Waals surface area contributed by atoms with Crippen LogP contribution in [0.15, 0.2) is 84.0 Å². The fourth-order valence-electron chi connectivity index (χ4n) is 3.82. The molecule has 0 saturated heterocycles. The molecule has 172 valence electrons. The van der Waals surface area contributed by atoms with Gasteiger partial charge in [-0.05, 0) is 55.8 Å². The standard InChI is InChI=1S/C27H24FN3O2S/c1-4-14-30-18(2)15-23(19(30)3)25(32)17-34-27-29-24(16-20-8-6-5-7-9-20)26(33)31(27)22-12-10-21(28)11-13-22/h4-13,15-16H,1,14,17H2,2-3H3. The molecule has 0 saturated carbocycles. The number of carbonyl (C=O) groups is 2. The smallest absolute Gasteiger partial charge is 0.283 e. The van der Waals surface area contributed by atoms with Gasteiger partial charge in [-0.15, -0.1) is 6.58 Å². The zero-order valence-corrected chi connectivity index (χ0v) is 19.8. The Kier molecular flexibility index (Phi) is 6.93. The summed E-state index contributed by atoms with van der Waals surface area (Å²) in [6, 6.07) is 16.9. The zero-order chi connectivity index (χ0) is 24.2. The van der Waals surface area contributed by atoms with E-state index in [1.165, 1.54) is 40.9 Å². The summed E-state index contributed by atoms with van der Waals surface area (Å²) in [5.74, 6) is -0.662. The third-order valence-corrected chi connectivity index (χ3v) is 6.47. The van der Waals surface area contributed by atoms with E-state index in [1.807, 2.05) is 54.8 Å². The van der Waals surface area contributed by atoms with E-state index in [4.69, 9.17) is 0 Å². The van der Waals surface area contributed by atoms with Crippen LogP contribution in [0.25, 0.3) is 6.08 Å². The van der Waals surface area contributed by atoms with Gasteiger partial charge in [-0.1, -0.05) is 48.2 Å². The number of Topliss-reactive ketones (excluding diaryl/α,β-unsaturated/α-hetero) is 1. The van der Waals surface area contributed by atoms with Gasteiger partial charge in [-0.25, -0.2) is 9.38 Å². The van der Waals surface area contributed by atoms with Crippen molar-refractivity contribution in [1.82, 2.24) is 4.57 Å². The summed E-state index contributed by atoms with van der Waals surface area (Å²) in [5.41, 5.74) is 4.10. The normalized spacial score (nSPS) is 14.6. The van der Waals surface area contributed by atoms with E-state index in [9.17, 15) is 14.0 Å². The third kappa shape index (κ3) is 4.79. The van der Waals surface area contributed by atoms with Crippen molar-refractivity contribution < 1.29 is 14.0 Å². The molecule has 1 aliphatic rings. The van der Waals surface area contributed by atoms with Gasteiger partial charge in [0.2, 0.25) is 0 Å². The minimum Gasteiger partial charge on any atom is -0.345 e. The first kappa shape index (κ1) is 23.4. The monoisotopic (exact) mass is 473 g/mol. The Morgan fingerprint density at radius 2 is 1.82 bits per heavy atom. The van der Waals surface area contributed by atoms with E-state index in [0.717, 1.165) is 17.0 Å². The number of thioether (sulfide) groups is 1. The molecular weight excluding hydrogens is 449 g/mol. The van der Waals surface area contributed by atoms with Gasteiger partial charge >= 0.3 is 0 Å². The van der Waals surface area contributed by atoms with Crippen molar-refractivity contribution in [3.8, 4) is 0 Å². The molecule has 1 aromatic heterocycles. The minimum atomic E-state index is -0.397. The van der Waals surface area contributed by atoms with E-state index in [0.29, 0.717) is 23.0 Å². The number of allylic oxidation sites excluding steroid dienone is 1. The highest BCUT2D eigenvalue weighted by Crippen LogP contribution is 2.30. The number of aromatic nitrogens is 1. The van der Waals surface area contributed by atoms with Gasteiger partial charge in [0.05, 0.1) is 11.4 Å². The fourth-order valence-corrected chi connectivity index (χ4v) is 4.72. The van der Waals surface area contributed by atoms with Crippen LogP contribution in [0, 0.1) is 19.7 Å². The molecule has 3 aromatic rings. The van der Waals surface area contributed by atoms with Gasteiger partial charge in [0.25, 0.3) is 5.91 Å². The Bertz CT molecular complexity index is 1310. The fraction of sp³-hybridized carbons (Fsp3) is 0.148. The summed E-state index contributed by atoms with van der Waals surface area (Å²) in [6.07, 6.45) is 3.50. The highest BCUT2D eigenvalue weighted by molar-refractivity contribution is 8.14. The number of anilines is 1. The highest BCUT2D eigenvalue weighted by Gasteiger charge is 2.32. The molecular formula is C27H24FN3O2S. The molecule has 0 aliphatic carbocycles. The number of hydrogen-bond donors (Lipinski definition) is 0. The molecule has 0 bridgehead atoms. The highest BCUT2D eigenvalue weighted by atomic mass is 32.2. The Hall–Kier alpha value is -3.71. The van der Waals surface area contributed by atoms with Crippen LogP contribution in [0.2, 0.25) is 0 Å². The lowest BCUT2D eigenvalue weighted by atomic mass is 10.2. The number of carbonyl (C=O) groups excluding carboxylic acids is 2. The van der Waals surface area contributed by atoms with Crippen LogP contribution in [-0.2, 0) is 11.3 Å². The van der Waals surface area contributed by atoms with E-state index in [2.05, 4.69) is 11.6 Å². The number of benzene rings is 2. The van der Waals surface area contributed by atoms with Gasteiger partial charge in [0.15, 0.2) is 11.0 Å². The maximum atomic E-state index is 13.5. The molecule has 2 heterocycles. The quantitative estimate of drug-likeness (QED) is 0.248. The molecule has 0 unspecified atom stereocenters. The molecule has 0 radical (unpaired) electrons. The topological polar surface area (TPSA) is 54.7 Å². The molecule has 1 amide bonds. The molecule has 0 atom stereocenters. The van der Waals surface area contributed by atoms with Crippen LogP contribution in [0.1, 0.15) is 27.3 Å². The lowest BCUT2D eigenvalue weighted by molar-refractivity contribution is -0.113. The average Bonchev–Trinajstić information content (AvgIpc) is 3.29. The van der Waals surface area contributed by atoms with Crippen molar-refractivity contribution in [3.63, 3.8) is 0 Å². The van der Waals surface area contributed by atoms with Crippen LogP contribution >= 0.6 is 11.8 Å². The summed E-state index contributed by atoms with van der Waals surface area (Å²) < 4.78 is 15.5. The van der Waals surface area contributed by atoms with Crippen molar-refractivity contribution in [3.05, 3.63) is 107 Å². The number of ketones is 1. The Labute approximate surface area is 202 Å². The maximum Gasteiger partial charge on any atom is 0.283 e. The van der Waals surface area contributed by atoms with Gasteiger partial charge in [0.1, 0.15) is 11.5 Å². The number of halogens is 1. The SMILES string of the molecule is C=CCn1c(C)cc(C(=O)CSC2=NC(=Cc3ccccc3)C(=O)N2c2ccc(F)cc2)c1C. The second kappa shape index (κ2) is 10.1. The molecule has 34 heavy (non-hydrogen) atoms. The Balaban J connectivity index is 1.62. The molecule has 4 rings (SSSR count). The molecule has 2 aromatic carbocycles. The van der Waals surface area contributed by atoms with Crippen molar-refractivity contribution >= 4 is 40.4 Å². The molecule has 0 N–H and O–H groups in total. The third-order valence-electron chi connectivity index (χ3n) is 5.54. The largest absolute Gasteiger partial charge is 0.345 e. The molecule has 5 nitrogen and oxygen atoms in total. The molecule has 1 aliphatic heterocycles. The number of hydrogen-bond acceptors (Lipinski definition) is 4. The second-order valence-corrected chi connectivity index (χ2v) is 8.79. The number of nitrogens with zero attached hydrogens (tertiary/aromatic N) is 3. The van der Waals surface area contributed by atoms with Crippen LogP contribution in [0.3, 0.4) is 0 Å². The van der Waals surface area contributed by atoms with Crippen LogP contribution < -0.4 is 4.90 Å². The number of rotatable bonds is 7. The summed E-state index contributed by atoms with van der Waals surface area (Å²) in [4.78, 5) is 32.2. The van der Waals surface area contributed by atoms with Crippen molar-refractivity contribution in [2.24, 2.45) is 4.99 Å². The summed E-state index contributed by atoms with van der Waals surface area (Å²) in [7, 11) is 0. The molecule has 7 heteroatoms. The predicted molar refractivity (Wildman–Crippen MR) is 137 cm³/mol. The molecule has 0 spiro atoms. The summed E-state index contributed by atoms with van der Waals surface area (Å²) >= 11 is 1.19. The number of amides is 1. The van der Waals surface area contributed by atoms with E-state index in [-0.39, 0.29) is 23.1 Å². The van der Waals surface area contributed by atoms with Gasteiger partial charge in [0, 0.05) is 23.5 Å². The van der Waals surface area contributed by atoms with Crippen molar-refractivity contribution in [2.75, 3.05) is 10.7 Å². The first-order valence-corrected chi connectivity index (χ1v) is 11.8. The van der Waals surface area contributed by atoms with Crippen molar-refractivity contribution in [1.29, 1.82) is 0 Å². The van der Waals surface area contributed by atoms with Gasteiger partial charge in [-0.2, -0.15) is 0 Å². The van der Waals surface area contributed by atoms with E-state index >= 15 is 0 Å². The molecule has 0 fully saturated rings. The average molecular weight is 474 g/mol. The first-order chi connectivity index (χ1) is 16.4. The Morgan fingerprint density at radius 1 is 1.12 bits per heavy atom. The second-order valence-electron chi connectivity index (χ2n) is 7.85. The van der Waals surface area contributed by atoms with Crippen LogP contribution in [0.5, 0.6) is 0 Å². The predicted octanol–water partition coefficient (Wildman–Crippen LogP) is 5.79. The lowest BCUT2D eigenvalue weighted by Crippen LogP contribution is -2.30. The number of aliphatic imine (C=N–C) groups is 1. The number of aryl methyl sites for hydroxylation is 1. The zero-order valence-electron chi connectivity index (χ0n) is 19.0. The van der Waals surface area contributed by atoms with Crippen LogP contribution in [0.4, 0.5) is 10.1 Å². The van der Waals surface area contributed by atoms with E-state index in [1.54, 1.807) is 12.2 Å². The first-order valence-electron chi connectivity index (χ1n) is 10.8. The van der Waals surface area contributed by atoms with Crippen molar-refractivity contribution in [2.45, 2.75) is 20.4 Å². The van der Waals surface area contributed by atoms with Crippen LogP contribution in [-0.4, -0.2) is 27.2 Å². The summed E-state index contributed by atoms with van der Waals surface area (Å²) in [5, 5.41) is 0.382. The Morgan fingerprint density at radius 3 is 2.50 bits per heavy atom. The summed E-state index contributed by atoms with van der Waals surface area (Å²) in [6.45, 7) is 8.27. The van der Waals surface area contributed by atoms with E-state index < -0.39 is 5.82 Å². The maximum absolute atomic E-state index is 13.5. The number of amidine groups is 1. The van der Waals surface area contributed by atoms with Gasteiger partial charge < -0.3 is 4.57 Å².